The largest absolute Gasteiger partial charge is 0.508 e. The van der Waals surface area contributed by atoms with Gasteiger partial charge in [0.25, 0.3) is 0 Å². The number of halogens is 2. The zero-order valence-corrected chi connectivity index (χ0v) is 11.3. The van der Waals surface area contributed by atoms with E-state index in [1.165, 1.54) is 6.07 Å². The molecule has 0 amide bonds. The van der Waals surface area contributed by atoms with Gasteiger partial charge in [-0.3, -0.25) is 0 Å². The molecule has 0 unspecified atom stereocenters. The molecule has 0 radical (unpaired) electrons. The first kappa shape index (κ1) is 11.5. The van der Waals surface area contributed by atoms with Gasteiger partial charge in [-0.25, -0.2) is 9.97 Å². The molecule has 1 aromatic carbocycles. The number of phenolic OH excluding ortho intramolecular Hbond substituents is 1. The molecule has 2 N–H and O–H groups in total. The van der Waals surface area contributed by atoms with Gasteiger partial charge in [0.15, 0.2) is 5.65 Å². The summed E-state index contributed by atoms with van der Waals surface area (Å²) < 4.78 is 0.868. The van der Waals surface area contributed by atoms with Crippen LogP contribution in [-0.4, -0.2) is 20.1 Å². The van der Waals surface area contributed by atoms with Crippen LogP contribution >= 0.6 is 27.5 Å². The molecule has 6 heteroatoms. The lowest BCUT2D eigenvalue weighted by Gasteiger charge is -2.00. The van der Waals surface area contributed by atoms with Gasteiger partial charge in [-0.2, -0.15) is 0 Å². The van der Waals surface area contributed by atoms with E-state index in [1.54, 1.807) is 18.3 Å². The van der Waals surface area contributed by atoms with E-state index in [4.69, 9.17) is 11.6 Å². The number of hydrogen-bond donors (Lipinski definition) is 2. The van der Waals surface area contributed by atoms with Crippen molar-refractivity contribution in [1.29, 1.82) is 0 Å². The molecule has 90 valence electrons. The highest BCUT2D eigenvalue weighted by Gasteiger charge is 2.10. The third kappa shape index (κ3) is 1.95. The molecular formula is C12H7BrClN3O. The molecule has 0 aliphatic heterocycles. The fourth-order valence-electron chi connectivity index (χ4n) is 1.70. The number of benzene rings is 1. The Hall–Kier alpha value is -1.59. The molecule has 3 aromatic rings. The van der Waals surface area contributed by atoms with Gasteiger partial charge in [0.05, 0.1) is 10.5 Å². The average molecular weight is 325 g/mol. The molecule has 0 fully saturated rings. The number of nitrogens with one attached hydrogen (secondary N) is 1. The van der Waals surface area contributed by atoms with Gasteiger partial charge in [-0.05, 0) is 40.2 Å². The molecule has 2 aromatic heterocycles. The smallest absolute Gasteiger partial charge is 0.178 e. The van der Waals surface area contributed by atoms with Crippen LogP contribution in [-0.2, 0) is 0 Å². The minimum Gasteiger partial charge on any atom is -0.508 e. The highest BCUT2D eigenvalue weighted by molar-refractivity contribution is 9.10. The van der Waals surface area contributed by atoms with Crippen molar-refractivity contribution in [2.75, 3.05) is 0 Å². The van der Waals surface area contributed by atoms with Crippen LogP contribution in [0.3, 0.4) is 0 Å². The van der Waals surface area contributed by atoms with Gasteiger partial charge in [0, 0.05) is 16.2 Å². The van der Waals surface area contributed by atoms with E-state index in [1.807, 2.05) is 6.07 Å². The average Bonchev–Trinajstić information content (AvgIpc) is 2.74. The van der Waals surface area contributed by atoms with Crippen LogP contribution in [0.25, 0.3) is 22.6 Å². The Balaban J connectivity index is 2.22. The molecule has 0 aliphatic rings. The van der Waals surface area contributed by atoms with Crippen LogP contribution < -0.4 is 0 Å². The van der Waals surface area contributed by atoms with Crippen molar-refractivity contribution >= 4 is 38.7 Å². The molecule has 0 atom stereocenters. The molecule has 0 saturated heterocycles. The summed E-state index contributed by atoms with van der Waals surface area (Å²) >= 11 is 9.44. The monoisotopic (exact) mass is 323 g/mol. The van der Waals surface area contributed by atoms with E-state index in [-0.39, 0.29) is 5.75 Å². The van der Waals surface area contributed by atoms with Crippen LogP contribution in [0, 0.1) is 0 Å². The molecule has 0 aliphatic carbocycles. The SMILES string of the molecule is Oc1ccc(Cl)c(-c2nc3ncc(Br)cc3[nH]2)c1. The Labute approximate surface area is 116 Å². The number of aromatic amines is 1. The minimum absolute atomic E-state index is 0.143. The second-order valence-electron chi connectivity index (χ2n) is 3.77. The summed E-state index contributed by atoms with van der Waals surface area (Å²) in [5, 5.41) is 10.0. The first-order valence-electron chi connectivity index (χ1n) is 5.13. The van der Waals surface area contributed by atoms with Crippen molar-refractivity contribution in [2.45, 2.75) is 0 Å². The predicted octanol–water partition coefficient (Wildman–Crippen LogP) is 3.75. The van der Waals surface area contributed by atoms with Gasteiger partial charge in [-0.1, -0.05) is 11.6 Å². The molecular weight excluding hydrogens is 318 g/mol. The third-order valence-electron chi connectivity index (χ3n) is 2.51. The summed E-state index contributed by atoms with van der Waals surface area (Å²) in [6.07, 6.45) is 1.68. The fourth-order valence-corrected chi connectivity index (χ4v) is 2.24. The molecule has 18 heavy (non-hydrogen) atoms. The first-order valence-corrected chi connectivity index (χ1v) is 6.31. The number of hydrogen-bond acceptors (Lipinski definition) is 3. The normalized spacial score (nSPS) is 11.0. The van der Waals surface area contributed by atoms with E-state index in [0.717, 1.165) is 9.99 Å². The lowest BCUT2D eigenvalue weighted by Crippen LogP contribution is -1.82. The lowest BCUT2D eigenvalue weighted by atomic mass is 10.2. The van der Waals surface area contributed by atoms with Gasteiger partial charge in [-0.15, -0.1) is 0 Å². The van der Waals surface area contributed by atoms with Gasteiger partial charge in [0.2, 0.25) is 0 Å². The van der Waals surface area contributed by atoms with E-state index in [2.05, 4.69) is 30.9 Å². The maximum Gasteiger partial charge on any atom is 0.178 e. The molecule has 2 heterocycles. The van der Waals surface area contributed by atoms with Crippen LogP contribution in [0.4, 0.5) is 0 Å². The maximum absolute atomic E-state index is 9.49. The number of aromatic hydroxyl groups is 1. The number of imidazole rings is 1. The first-order chi connectivity index (χ1) is 8.63. The van der Waals surface area contributed by atoms with E-state index in [9.17, 15) is 5.11 Å². The molecule has 4 nitrogen and oxygen atoms in total. The van der Waals surface area contributed by atoms with E-state index < -0.39 is 0 Å². The molecule has 0 bridgehead atoms. The topological polar surface area (TPSA) is 61.8 Å². The number of H-pyrrole nitrogens is 1. The number of rotatable bonds is 1. The van der Waals surface area contributed by atoms with Crippen molar-refractivity contribution in [3.05, 3.63) is 40.0 Å². The number of phenols is 1. The quantitative estimate of drug-likeness (QED) is 0.716. The van der Waals surface area contributed by atoms with Crippen LogP contribution in [0.5, 0.6) is 5.75 Å². The Bertz CT molecular complexity index is 741. The summed E-state index contributed by atoms with van der Waals surface area (Å²) in [7, 11) is 0. The minimum atomic E-state index is 0.143. The Kier molecular flexibility index (Phi) is 2.72. The van der Waals surface area contributed by atoms with Crippen LogP contribution in [0.1, 0.15) is 0 Å². The van der Waals surface area contributed by atoms with Crippen molar-refractivity contribution in [3.63, 3.8) is 0 Å². The van der Waals surface area contributed by atoms with E-state index in [0.29, 0.717) is 22.1 Å². The Morgan fingerprint density at radius 1 is 1.28 bits per heavy atom. The van der Waals surface area contributed by atoms with Crippen molar-refractivity contribution < 1.29 is 5.11 Å². The van der Waals surface area contributed by atoms with Crippen LogP contribution in [0.15, 0.2) is 34.9 Å². The Morgan fingerprint density at radius 2 is 2.11 bits per heavy atom. The number of fused-ring (bicyclic) bond motifs is 1. The van der Waals surface area contributed by atoms with Gasteiger partial charge < -0.3 is 10.1 Å². The van der Waals surface area contributed by atoms with Crippen molar-refractivity contribution in [1.82, 2.24) is 15.0 Å². The Morgan fingerprint density at radius 3 is 2.94 bits per heavy atom. The van der Waals surface area contributed by atoms with Crippen molar-refractivity contribution in [2.24, 2.45) is 0 Å². The van der Waals surface area contributed by atoms with Crippen molar-refractivity contribution in [3.8, 4) is 17.1 Å². The summed E-state index contributed by atoms with van der Waals surface area (Å²) in [6, 6.07) is 6.61. The van der Waals surface area contributed by atoms with Gasteiger partial charge in [0.1, 0.15) is 11.6 Å². The third-order valence-corrected chi connectivity index (χ3v) is 3.27. The second kappa shape index (κ2) is 4.26. The van der Waals surface area contributed by atoms with Gasteiger partial charge >= 0.3 is 0 Å². The molecule has 0 saturated carbocycles. The molecule has 3 rings (SSSR count). The standard InChI is InChI=1S/C12H7BrClN3O/c13-6-3-10-12(15-5-6)17-11(16-10)8-4-7(18)1-2-9(8)14/h1-5,18H,(H,15,16,17). The summed E-state index contributed by atoms with van der Waals surface area (Å²) in [4.78, 5) is 11.6. The number of pyridine rings is 1. The summed E-state index contributed by atoms with van der Waals surface area (Å²) in [5.41, 5.74) is 2.05. The zero-order valence-electron chi connectivity index (χ0n) is 8.98. The van der Waals surface area contributed by atoms with E-state index >= 15 is 0 Å². The second-order valence-corrected chi connectivity index (χ2v) is 5.10. The summed E-state index contributed by atoms with van der Waals surface area (Å²) in [6.45, 7) is 0. The number of nitrogens with zero attached hydrogens (tertiary/aromatic N) is 2. The summed E-state index contributed by atoms with van der Waals surface area (Å²) in [5.74, 6) is 0.723. The maximum atomic E-state index is 9.49. The van der Waals surface area contributed by atoms with Crippen LogP contribution in [0.2, 0.25) is 5.02 Å². The predicted molar refractivity (Wildman–Crippen MR) is 73.7 cm³/mol. The lowest BCUT2D eigenvalue weighted by molar-refractivity contribution is 0.475. The number of aromatic nitrogens is 3. The highest BCUT2D eigenvalue weighted by atomic mass is 79.9. The zero-order chi connectivity index (χ0) is 12.7. The molecule has 0 spiro atoms. The fraction of sp³-hybridized carbons (Fsp3) is 0. The highest BCUT2D eigenvalue weighted by Crippen LogP contribution is 2.30.